The van der Waals surface area contributed by atoms with Crippen molar-refractivity contribution in [2.24, 2.45) is 17.2 Å². The molecule has 0 aliphatic rings. The average Bonchev–Trinajstić information content (AvgIpc) is 3.28. The van der Waals surface area contributed by atoms with Crippen LogP contribution in [0.3, 0.4) is 0 Å². The number of ether oxygens (including phenoxy) is 1. The third kappa shape index (κ3) is 9.66. The summed E-state index contributed by atoms with van der Waals surface area (Å²) in [5.41, 5.74) is 16.5. The Morgan fingerprint density at radius 2 is 1.73 bits per heavy atom. The van der Waals surface area contributed by atoms with Crippen LogP contribution in [0.1, 0.15) is 54.5 Å². The van der Waals surface area contributed by atoms with Crippen molar-refractivity contribution < 1.29 is 19.1 Å². The Morgan fingerprint density at radius 1 is 1.03 bits per heavy atom. The lowest BCUT2D eigenvalue weighted by Crippen LogP contribution is -2.57. The number of nitrogen functional groups attached to an aromatic ring is 2. The van der Waals surface area contributed by atoms with E-state index >= 15 is 0 Å². The first kappa shape index (κ1) is 29.5. The van der Waals surface area contributed by atoms with Gasteiger partial charge in [0.15, 0.2) is 0 Å². The highest BCUT2D eigenvalue weighted by Crippen LogP contribution is 2.20. The maximum atomic E-state index is 13.2. The minimum Gasteiger partial charge on any atom is -0.460 e. The van der Waals surface area contributed by atoms with Gasteiger partial charge in [0.2, 0.25) is 11.8 Å². The van der Waals surface area contributed by atoms with Gasteiger partial charge in [0.25, 0.3) is 0 Å². The molecule has 0 aliphatic carbocycles. The molecule has 0 spiro atoms. The van der Waals surface area contributed by atoms with Crippen molar-refractivity contribution in [1.82, 2.24) is 10.6 Å². The highest BCUT2D eigenvalue weighted by Gasteiger charge is 2.35. The maximum Gasteiger partial charge on any atom is 0.306 e. The molecule has 0 fully saturated rings. The fraction of sp³-hybridized carbons (Fsp3) is 0.400. The number of carbonyl (C=O) groups excluding carboxylic acids is 3. The van der Waals surface area contributed by atoms with E-state index in [1.807, 2.05) is 0 Å². The third-order valence-corrected chi connectivity index (χ3v) is 6.32. The number of hydrogen-bond donors (Lipinski definition) is 7. The van der Waals surface area contributed by atoms with Gasteiger partial charge in [-0.05, 0) is 57.4 Å². The van der Waals surface area contributed by atoms with E-state index in [0.29, 0.717) is 16.0 Å². The molecule has 37 heavy (non-hydrogen) atoms. The second kappa shape index (κ2) is 12.5. The van der Waals surface area contributed by atoms with Gasteiger partial charge < -0.3 is 32.6 Å². The molecule has 0 bridgehead atoms. The molecule has 200 valence electrons. The first-order valence-electron chi connectivity index (χ1n) is 11.6. The van der Waals surface area contributed by atoms with Crippen LogP contribution in [0, 0.1) is 10.8 Å². The average molecular weight is 530 g/mol. The first-order chi connectivity index (χ1) is 17.2. The summed E-state index contributed by atoms with van der Waals surface area (Å²) in [5, 5.41) is 20.4. The van der Waals surface area contributed by atoms with Crippen LogP contribution in [-0.4, -0.2) is 47.1 Å². The molecule has 12 heteroatoms. The Morgan fingerprint density at radius 3 is 2.32 bits per heavy atom. The number of rotatable bonds is 12. The molecule has 1 heterocycles. The Bertz CT molecular complexity index is 1170. The van der Waals surface area contributed by atoms with Gasteiger partial charge in [-0.15, -0.1) is 11.3 Å². The summed E-state index contributed by atoms with van der Waals surface area (Å²) in [6.45, 7) is 5.14. The van der Waals surface area contributed by atoms with E-state index in [9.17, 15) is 14.4 Å². The smallest absolute Gasteiger partial charge is 0.306 e. The van der Waals surface area contributed by atoms with Crippen LogP contribution in [0.5, 0.6) is 0 Å². The predicted molar refractivity (Wildman–Crippen MR) is 143 cm³/mol. The fourth-order valence-electron chi connectivity index (χ4n) is 3.42. The SMILES string of the molecule is CC(C)(C)OC(=O)CCC(N)(Cc1cccc(C(=N)N)c1)C(=O)NCC(=O)NCc1ccc(C(=N)N)s1. The van der Waals surface area contributed by atoms with Crippen molar-refractivity contribution in [3.05, 3.63) is 57.3 Å². The summed E-state index contributed by atoms with van der Waals surface area (Å²) in [4.78, 5) is 39.2. The molecule has 1 aromatic carbocycles. The number of amides is 2. The summed E-state index contributed by atoms with van der Waals surface area (Å²) in [7, 11) is 0. The van der Waals surface area contributed by atoms with Crippen molar-refractivity contribution in [2.45, 2.75) is 57.7 Å². The molecule has 11 nitrogen and oxygen atoms in total. The van der Waals surface area contributed by atoms with Crippen LogP contribution in [0.15, 0.2) is 36.4 Å². The van der Waals surface area contributed by atoms with E-state index in [4.69, 9.17) is 32.8 Å². The highest BCUT2D eigenvalue weighted by molar-refractivity contribution is 7.14. The molecule has 0 saturated heterocycles. The molecule has 10 N–H and O–H groups in total. The number of benzene rings is 1. The third-order valence-electron chi connectivity index (χ3n) is 5.20. The Hall–Kier alpha value is -3.77. The van der Waals surface area contributed by atoms with E-state index in [1.165, 1.54) is 11.3 Å². The van der Waals surface area contributed by atoms with Crippen LogP contribution < -0.4 is 27.8 Å². The predicted octanol–water partition coefficient (Wildman–Crippen LogP) is 1.11. The standard InChI is InChI=1S/C25H35N7O4S/c1-24(2,3)36-20(34)9-10-25(30,12-15-5-4-6-16(11-15)21(26)27)23(35)32-14-19(33)31-13-17-7-8-18(37-17)22(28)29/h4-8,11H,9-10,12-14,30H2,1-3H3,(H3,26,27)(H3,28,29)(H,31,33)(H,32,35). The zero-order valence-corrected chi connectivity index (χ0v) is 22.1. The lowest BCUT2D eigenvalue weighted by molar-refractivity contribution is -0.155. The number of carbonyl (C=O) groups is 3. The Labute approximate surface area is 220 Å². The highest BCUT2D eigenvalue weighted by atomic mass is 32.1. The molecule has 2 rings (SSSR count). The van der Waals surface area contributed by atoms with Gasteiger partial charge in [-0.3, -0.25) is 25.2 Å². The van der Waals surface area contributed by atoms with Gasteiger partial charge in [-0.2, -0.15) is 0 Å². The molecule has 0 aliphatic heterocycles. The zero-order chi connectivity index (χ0) is 27.8. The minimum atomic E-state index is -1.53. The van der Waals surface area contributed by atoms with Crippen molar-refractivity contribution in [3.63, 3.8) is 0 Å². The first-order valence-corrected chi connectivity index (χ1v) is 12.4. The van der Waals surface area contributed by atoms with Crippen molar-refractivity contribution in [2.75, 3.05) is 6.54 Å². The minimum absolute atomic E-state index is 0.0251. The second-order valence-electron chi connectivity index (χ2n) is 9.67. The van der Waals surface area contributed by atoms with Crippen molar-refractivity contribution in [3.8, 4) is 0 Å². The van der Waals surface area contributed by atoms with Gasteiger partial charge in [0.1, 0.15) is 17.3 Å². The molecule has 1 aromatic heterocycles. The summed E-state index contributed by atoms with van der Waals surface area (Å²) in [6.07, 6.45) is -0.0767. The molecule has 1 atom stereocenters. The molecule has 0 saturated carbocycles. The topological polar surface area (TPSA) is 210 Å². The Balaban J connectivity index is 2.07. The van der Waals surface area contributed by atoms with Gasteiger partial charge in [-0.25, -0.2) is 0 Å². The van der Waals surface area contributed by atoms with Crippen molar-refractivity contribution >= 4 is 40.8 Å². The number of hydrogen-bond acceptors (Lipinski definition) is 8. The summed E-state index contributed by atoms with van der Waals surface area (Å²) < 4.78 is 5.35. The van der Waals surface area contributed by atoms with E-state index in [1.54, 1.807) is 57.2 Å². The van der Waals surface area contributed by atoms with Gasteiger partial charge in [0, 0.05) is 16.9 Å². The molecule has 0 radical (unpaired) electrons. The maximum absolute atomic E-state index is 13.2. The largest absolute Gasteiger partial charge is 0.460 e. The second-order valence-corrected chi connectivity index (χ2v) is 10.8. The molecular formula is C25H35N7O4S. The molecular weight excluding hydrogens is 494 g/mol. The summed E-state index contributed by atoms with van der Waals surface area (Å²) >= 11 is 1.29. The lowest BCUT2D eigenvalue weighted by Gasteiger charge is -2.29. The number of esters is 1. The zero-order valence-electron chi connectivity index (χ0n) is 21.3. The van der Waals surface area contributed by atoms with E-state index in [-0.39, 0.29) is 44.0 Å². The Kier molecular flexibility index (Phi) is 9.92. The fourth-order valence-corrected chi connectivity index (χ4v) is 4.22. The lowest BCUT2D eigenvalue weighted by atomic mass is 9.85. The van der Waals surface area contributed by atoms with Crippen LogP contribution >= 0.6 is 11.3 Å². The normalized spacial score (nSPS) is 12.8. The quantitative estimate of drug-likeness (QED) is 0.121. The van der Waals surface area contributed by atoms with Crippen LogP contribution in [0.2, 0.25) is 0 Å². The molecule has 2 amide bonds. The molecule has 2 aromatic rings. The van der Waals surface area contributed by atoms with Gasteiger partial charge in [-0.1, -0.05) is 18.2 Å². The number of thiophene rings is 1. The van der Waals surface area contributed by atoms with Crippen LogP contribution in [0.4, 0.5) is 0 Å². The number of nitrogens with one attached hydrogen (secondary N) is 4. The van der Waals surface area contributed by atoms with E-state index in [0.717, 1.165) is 4.88 Å². The van der Waals surface area contributed by atoms with E-state index < -0.39 is 28.9 Å². The monoisotopic (exact) mass is 529 g/mol. The van der Waals surface area contributed by atoms with Gasteiger partial charge in [0.05, 0.1) is 23.5 Å². The van der Waals surface area contributed by atoms with Gasteiger partial charge >= 0.3 is 5.97 Å². The summed E-state index contributed by atoms with van der Waals surface area (Å²) in [5.74, 6) is -1.70. The number of nitrogens with two attached hydrogens (primary N) is 3. The van der Waals surface area contributed by atoms with E-state index in [2.05, 4.69) is 10.6 Å². The summed E-state index contributed by atoms with van der Waals surface area (Å²) in [6, 6.07) is 10.2. The van der Waals surface area contributed by atoms with Crippen molar-refractivity contribution in [1.29, 1.82) is 10.8 Å². The number of amidine groups is 2. The van der Waals surface area contributed by atoms with Crippen LogP contribution in [-0.2, 0) is 32.1 Å². The van der Waals surface area contributed by atoms with Crippen LogP contribution in [0.25, 0.3) is 0 Å². The molecule has 1 unspecified atom stereocenters.